The molecule has 1 unspecified atom stereocenters. The van der Waals surface area contributed by atoms with Gasteiger partial charge in [-0.3, -0.25) is 4.90 Å². The molecule has 1 heterocycles. The molecule has 0 saturated carbocycles. The maximum Gasteiger partial charge on any atom is 0.0466 e. The number of rotatable bonds is 9. The molecule has 3 nitrogen and oxygen atoms in total. The van der Waals surface area contributed by atoms with E-state index in [0.29, 0.717) is 0 Å². The average molecular weight is 260 g/mol. The van der Waals surface area contributed by atoms with Gasteiger partial charge in [0.15, 0.2) is 0 Å². The zero-order chi connectivity index (χ0) is 12.3. The molecule has 0 aromatic rings. The number of nitrogens with one attached hydrogen (secondary N) is 1. The highest BCUT2D eigenvalue weighted by molar-refractivity contribution is 7.99. The molecule has 0 aromatic carbocycles. The summed E-state index contributed by atoms with van der Waals surface area (Å²) < 4.78 is 5.31. The molecule has 102 valence electrons. The van der Waals surface area contributed by atoms with Crippen LogP contribution in [-0.2, 0) is 4.74 Å². The van der Waals surface area contributed by atoms with Gasteiger partial charge in [-0.15, -0.1) is 0 Å². The summed E-state index contributed by atoms with van der Waals surface area (Å²) in [5.41, 5.74) is 0. The highest BCUT2D eigenvalue weighted by Gasteiger charge is 2.17. The Hall–Kier alpha value is 0.230. The van der Waals surface area contributed by atoms with Crippen molar-refractivity contribution < 1.29 is 4.74 Å². The van der Waals surface area contributed by atoms with Crippen LogP contribution in [0.4, 0.5) is 0 Å². The lowest BCUT2D eigenvalue weighted by Crippen LogP contribution is -2.43. The second-order valence-electron chi connectivity index (χ2n) is 4.61. The maximum absolute atomic E-state index is 5.31. The normalized spacial score (nSPS) is 21.9. The number of ether oxygens (including phenoxy) is 1. The van der Waals surface area contributed by atoms with Gasteiger partial charge in [-0.1, -0.05) is 0 Å². The molecular formula is C13H28N2OS. The third-order valence-corrected chi connectivity index (χ3v) is 4.37. The van der Waals surface area contributed by atoms with E-state index in [-0.39, 0.29) is 0 Å². The van der Waals surface area contributed by atoms with Gasteiger partial charge in [0, 0.05) is 50.4 Å². The molecule has 1 aliphatic rings. The molecule has 17 heavy (non-hydrogen) atoms. The second-order valence-corrected chi connectivity index (χ2v) is 5.76. The first-order chi connectivity index (χ1) is 8.34. The van der Waals surface area contributed by atoms with E-state index in [1.54, 1.807) is 0 Å². The highest BCUT2D eigenvalue weighted by atomic mass is 32.2. The highest BCUT2D eigenvalue weighted by Crippen LogP contribution is 2.14. The van der Waals surface area contributed by atoms with Crippen molar-refractivity contribution in [3.63, 3.8) is 0 Å². The molecule has 1 fully saturated rings. The minimum Gasteiger partial charge on any atom is -0.382 e. The summed E-state index contributed by atoms with van der Waals surface area (Å²) in [6, 6.07) is 0.758. The van der Waals surface area contributed by atoms with Crippen molar-refractivity contribution in [2.75, 3.05) is 50.9 Å². The van der Waals surface area contributed by atoms with Crippen LogP contribution in [0.25, 0.3) is 0 Å². The van der Waals surface area contributed by atoms with Gasteiger partial charge in [0.05, 0.1) is 0 Å². The van der Waals surface area contributed by atoms with Crippen LogP contribution >= 0.6 is 11.8 Å². The largest absolute Gasteiger partial charge is 0.382 e. The molecule has 1 aliphatic heterocycles. The van der Waals surface area contributed by atoms with Crippen LogP contribution in [-0.4, -0.2) is 61.8 Å². The minimum absolute atomic E-state index is 0.758. The third-order valence-electron chi connectivity index (χ3n) is 3.18. The van der Waals surface area contributed by atoms with Crippen LogP contribution in [0, 0.1) is 0 Å². The van der Waals surface area contributed by atoms with Gasteiger partial charge in [-0.05, 0) is 33.2 Å². The summed E-state index contributed by atoms with van der Waals surface area (Å²) in [7, 11) is 0. The standard InChI is InChI=1S/C13H28N2OS/c1-3-16-10-5-4-6-14-7-8-15-9-11-17-12-13(15)2/h13-14H,3-12H2,1-2H3. The van der Waals surface area contributed by atoms with Crippen molar-refractivity contribution in [2.24, 2.45) is 0 Å². The summed E-state index contributed by atoms with van der Waals surface area (Å²) in [5.74, 6) is 2.60. The SMILES string of the molecule is CCOCCCCNCCN1CCSCC1C. The first kappa shape index (κ1) is 15.3. The van der Waals surface area contributed by atoms with Crippen LogP contribution in [0.2, 0.25) is 0 Å². The summed E-state index contributed by atoms with van der Waals surface area (Å²) in [6.45, 7) is 10.9. The topological polar surface area (TPSA) is 24.5 Å². The van der Waals surface area contributed by atoms with Gasteiger partial charge in [0.25, 0.3) is 0 Å². The number of nitrogens with zero attached hydrogens (tertiary/aromatic N) is 1. The Kier molecular flexibility index (Phi) is 9.16. The first-order valence-electron chi connectivity index (χ1n) is 6.95. The molecule has 1 rings (SSSR count). The third kappa shape index (κ3) is 7.29. The molecule has 0 radical (unpaired) electrons. The zero-order valence-corrected chi connectivity index (χ0v) is 12.2. The summed E-state index contributed by atoms with van der Waals surface area (Å²) >= 11 is 2.09. The molecule has 0 aromatic heterocycles. The van der Waals surface area contributed by atoms with Crippen molar-refractivity contribution >= 4 is 11.8 Å². The summed E-state index contributed by atoms with van der Waals surface area (Å²) in [6.07, 6.45) is 2.41. The van der Waals surface area contributed by atoms with Gasteiger partial charge in [0.2, 0.25) is 0 Å². The van der Waals surface area contributed by atoms with Crippen LogP contribution in [0.1, 0.15) is 26.7 Å². The van der Waals surface area contributed by atoms with Gasteiger partial charge in [0.1, 0.15) is 0 Å². The van der Waals surface area contributed by atoms with Crippen molar-refractivity contribution in [1.29, 1.82) is 0 Å². The van der Waals surface area contributed by atoms with Gasteiger partial charge < -0.3 is 10.1 Å². The molecule has 0 aliphatic carbocycles. The monoisotopic (exact) mass is 260 g/mol. The van der Waals surface area contributed by atoms with Crippen LogP contribution < -0.4 is 5.32 Å². The molecule has 1 atom stereocenters. The smallest absolute Gasteiger partial charge is 0.0466 e. The van der Waals surface area contributed by atoms with E-state index in [2.05, 4.69) is 35.8 Å². The second kappa shape index (κ2) is 10.2. The maximum atomic E-state index is 5.31. The molecule has 4 heteroatoms. The van der Waals surface area contributed by atoms with Gasteiger partial charge >= 0.3 is 0 Å². The molecular weight excluding hydrogens is 232 g/mol. The molecule has 0 amide bonds. The molecule has 0 spiro atoms. The Morgan fingerprint density at radius 2 is 2.24 bits per heavy atom. The number of thioether (sulfide) groups is 1. The Labute approximate surface area is 111 Å². The Morgan fingerprint density at radius 3 is 3.00 bits per heavy atom. The number of unbranched alkanes of at least 4 members (excludes halogenated alkanes) is 1. The van der Waals surface area contributed by atoms with Crippen molar-refractivity contribution in [3.8, 4) is 0 Å². The lowest BCUT2D eigenvalue weighted by Gasteiger charge is -2.32. The van der Waals surface area contributed by atoms with Crippen LogP contribution in [0.3, 0.4) is 0 Å². The summed E-state index contributed by atoms with van der Waals surface area (Å²) in [5, 5.41) is 3.53. The number of hydrogen-bond donors (Lipinski definition) is 1. The summed E-state index contributed by atoms with van der Waals surface area (Å²) in [4.78, 5) is 2.60. The molecule has 0 bridgehead atoms. The fourth-order valence-electron chi connectivity index (χ4n) is 2.04. The molecule has 1 saturated heterocycles. The average Bonchev–Trinajstić information content (AvgIpc) is 2.35. The zero-order valence-electron chi connectivity index (χ0n) is 11.4. The van der Waals surface area contributed by atoms with E-state index >= 15 is 0 Å². The first-order valence-corrected chi connectivity index (χ1v) is 8.10. The Bertz CT molecular complexity index is 181. The van der Waals surface area contributed by atoms with E-state index in [1.165, 1.54) is 37.4 Å². The fourth-order valence-corrected chi connectivity index (χ4v) is 3.12. The number of hydrogen-bond acceptors (Lipinski definition) is 4. The van der Waals surface area contributed by atoms with E-state index in [9.17, 15) is 0 Å². The van der Waals surface area contributed by atoms with Crippen molar-refractivity contribution in [1.82, 2.24) is 10.2 Å². The lowest BCUT2D eigenvalue weighted by atomic mass is 10.3. The lowest BCUT2D eigenvalue weighted by molar-refractivity contribution is 0.143. The Balaban J connectivity index is 1.86. The predicted molar refractivity (Wildman–Crippen MR) is 77.0 cm³/mol. The van der Waals surface area contributed by atoms with Gasteiger partial charge in [-0.2, -0.15) is 11.8 Å². The van der Waals surface area contributed by atoms with Crippen LogP contribution in [0.15, 0.2) is 0 Å². The van der Waals surface area contributed by atoms with E-state index in [0.717, 1.165) is 32.3 Å². The van der Waals surface area contributed by atoms with E-state index in [4.69, 9.17) is 4.74 Å². The van der Waals surface area contributed by atoms with E-state index < -0.39 is 0 Å². The van der Waals surface area contributed by atoms with E-state index in [1.807, 2.05) is 0 Å². The Morgan fingerprint density at radius 1 is 1.35 bits per heavy atom. The van der Waals surface area contributed by atoms with Crippen molar-refractivity contribution in [3.05, 3.63) is 0 Å². The quantitative estimate of drug-likeness (QED) is 0.639. The van der Waals surface area contributed by atoms with Crippen LogP contribution in [0.5, 0.6) is 0 Å². The fraction of sp³-hybridized carbons (Fsp3) is 1.00. The predicted octanol–water partition coefficient (Wildman–Crippen LogP) is 1.83. The van der Waals surface area contributed by atoms with Gasteiger partial charge in [-0.25, -0.2) is 0 Å². The minimum atomic E-state index is 0.758. The van der Waals surface area contributed by atoms with Crippen molar-refractivity contribution in [2.45, 2.75) is 32.7 Å². The molecule has 1 N–H and O–H groups in total.